The van der Waals surface area contributed by atoms with E-state index < -0.39 is 17.5 Å². The van der Waals surface area contributed by atoms with Crippen molar-refractivity contribution in [1.82, 2.24) is 15.1 Å². The Hall–Kier alpha value is -1.63. The molecule has 0 atom stereocenters. The Morgan fingerprint density at radius 3 is 2.18 bits per heavy atom. The van der Waals surface area contributed by atoms with Crippen molar-refractivity contribution in [3.05, 3.63) is 0 Å². The highest BCUT2D eigenvalue weighted by Crippen LogP contribution is 2.27. The summed E-state index contributed by atoms with van der Waals surface area (Å²) >= 11 is 0. The molecule has 2 amide bonds. The van der Waals surface area contributed by atoms with E-state index in [4.69, 9.17) is 4.74 Å². The van der Waals surface area contributed by atoms with Crippen LogP contribution in [-0.2, 0) is 19.1 Å². The first kappa shape index (κ1) is 16.7. The zero-order valence-corrected chi connectivity index (χ0v) is 13.6. The third kappa shape index (κ3) is 4.98. The molecule has 0 unspecified atom stereocenters. The number of ether oxygens (including phenoxy) is 1. The van der Waals surface area contributed by atoms with Gasteiger partial charge in [-0.15, -0.1) is 0 Å². The predicted octanol–water partition coefficient (Wildman–Crippen LogP) is -0.249. The molecule has 0 spiro atoms. The maximum absolute atomic E-state index is 12.0. The molecule has 1 aliphatic heterocycles. The fourth-order valence-electron chi connectivity index (χ4n) is 2.44. The smallest absolute Gasteiger partial charge is 0.397 e. The summed E-state index contributed by atoms with van der Waals surface area (Å²) in [6.45, 7) is 8.01. The number of piperazine rings is 1. The molecule has 7 nitrogen and oxygen atoms in total. The molecule has 2 aliphatic rings. The topological polar surface area (TPSA) is 78.9 Å². The van der Waals surface area contributed by atoms with Crippen molar-refractivity contribution in [1.29, 1.82) is 0 Å². The van der Waals surface area contributed by atoms with Crippen molar-refractivity contribution in [3.8, 4) is 0 Å². The van der Waals surface area contributed by atoms with Crippen LogP contribution in [0.15, 0.2) is 0 Å². The second-order valence-corrected chi connectivity index (χ2v) is 6.83. The summed E-state index contributed by atoms with van der Waals surface area (Å²) in [6, 6.07) is 0.712. The van der Waals surface area contributed by atoms with E-state index in [1.54, 1.807) is 25.7 Å². The van der Waals surface area contributed by atoms with Gasteiger partial charge in [0.1, 0.15) is 5.60 Å². The van der Waals surface area contributed by atoms with Crippen LogP contribution in [0.2, 0.25) is 0 Å². The van der Waals surface area contributed by atoms with Gasteiger partial charge in [-0.3, -0.25) is 14.5 Å². The Morgan fingerprint density at radius 2 is 1.68 bits per heavy atom. The van der Waals surface area contributed by atoms with Gasteiger partial charge in [-0.2, -0.15) is 0 Å². The standard InChI is InChI=1S/C15H25N3O4/c1-15(2,3)22-14(21)13(20)16-10-12(19)18-8-6-17(7-9-18)11-4-5-11/h11H,4-10H2,1-3H3,(H,16,20). The van der Waals surface area contributed by atoms with Crippen molar-refractivity contribution in [3.63, 3.8) is 0 Å². The molecule has 1 saturated carbocycles. The van der Waals surface area contributed by atoms with Gasteiger partial charge in [-0.25, -0.2) is 4.79 Å². The molecule has 7 heteroatoms. The number of hydrogen-bond donors (Lipinski definition) is 1. The fourth-order valence-corrected chi connectivity index (χ4v) is 2.44. The van der Waals surface area contributed by atoms with Crippen LogP contribution >= 0.6 is 0 Å². The van der Waals surface area contributed by atoms with Crippen molar-refractivity contribution >= 4 is 17.8 Å². The predicted molar refractivity (Wildman–Crippen MR) is 80.0 cm³/mol. The molecule has 1 saturated heterocycles. The number of carbonyl (C=O) groups is 3. The minimum Gasteiger partial charge on any atom is -0.453 e. The molecule has 0 bridgehead atoms. The highest BCUT2D eigenvalue weighted by atomic mass is 16.6. The summed E-state index contributed by atoms with van der Waals surface area (Å²) in [5, 5.41) is 2.33. The maximum Gasteiger partial charge on any atom is 0.397 e. The van der Waals surface area contributed by atoms with Crippen molar-refractivity contribution in [2.75, 3.05) is 32.7 Å². The largest absolute Gasteiger partial charge is 0.453 e. The van der Waals surface area contributed by atoms with Gasteiger partial charge >= 0.3 is 11.9 Å². The highest BCUT2D eigenvalue weighted by molar-refractivity contribution is 6.32. The average molecular weight is 311 g/mol. The summed E-state index contributed by atoms with van der Waals surface area (Å²) in [5.41, 5.74) is -0.725. The maximum atomic E-state index is 12.0. The highest BCUT2D eigenvalue weighted by Gasteiger charge is 2.32. The lowest BCUT2D eigenvalue weighted by atomic mass is 10.2. The van der Waals surface area contributed by atoms with E-state index in [1.807, 2.05) is 0 Å². The summed E-state index contributed by atoms with van der Waals surface area (Å²) in [7, 11) is 0. The number of amides is 2. The van der Waals surface area contributed by atoms with Crippen LogP contribution < -0.4 is 5.32 Å². The molecule has 1 aliphatic carbocycles. The van der Waals surface area contributed by atoms with E-state index in [0.717, 1.165) is 13.1 Å². The Labute approximate surface area is 131 Å². The van der Waals surface area contributed by atoms with Gasteiger partial charge in [0.2, 0.25) is 5.91 Å². The molecule has 2 fully saturated rings. The molecule has 1 heterocycles. The molecule has 124 valence electrons. The van der Waals surface area contributed by atoms with Gasteiger partial charge in [0.05, 0.1) is 6.54 Å². The van der Waals surface area contributed by atoms with Crippen LogP contribution in [0.25, 0.3) is 0 Å². The Morgan fingerprint density at radius 1 is 1.09 bits per heavy atom. The number of hydrogen-bond acceptors (Lipinski definition) is 5. The van der Waals surface area contributed by atoms with Crippen molar-refractivity contribution in [2.45, 2.75) is 45.3 Å². The molecule has 22 heavy (non-hydrogen) atoms. The van der Waals surface area contributed by atoms with Crippen molar-refractivity contribution < 1.29 is 19.1 Å². The molecule has 1 N–H and O–H groups in total. The Kier molecular flexibility index (Phi) is 5.05. The monoisotopic (exact) mass is 311 g/mol. The Balaban J connectivity index is 1.69. The first-order valence-electron chi connectivity index (χ1n) is 7.79. The quantitative estimate of drug-likeness (QED) is 0.574. The number of nitrogens with one attached hydrogen (secondary N) is 1. The first-order chi connectivity index (χ1) is 10.3. The minimum absolute atomic E-state index is 0.160. The van der Waals surface area contributed by atoms with Gasteiger partial charge in [-0.1, -0.05) is 0 Å². The van der Waals surface area contributed by atoms with Gasteiger partial charge in [0.25, 0.3) is 0 Å². The summed E-state index contributed by atoms with van der Waals surface area (Å²) in [6.07, 6.45) is 2.53. The Bertz CT molecular complexity index is 446. The summed E-state index contributed by atoms with van der Waals surface area (Å²) in [4.78, 5) is 39.3. The lowest BCUT2D eigenvalue weighted by molar-refractivity contribution is -0.163. The van der Waals surface area contributed by atoms with Gasteiger partial charge in [0, 0.05) is 32.2 Å². The third-order valence-corrected chi connectivity index (χ3v) is 3.71. The van der Waals surface area contributed by atoms with Crippen LogP contribution in [0.1, 0.15) is 33.6 Å². The lowest BCUT2D eigenvalue weighted by Crippen LogP contribution is -2.52. The normalized spacial score (nSPS) is 19.7. The van der Waals surface area contributed by atoms with E-state index in [2.05, 4.69) is 10.2 Å². The minimum atomic E-state index is -0.959. The van der Waals surface area contributed by atoms with E-state index >= 15 is 0 Å². The lowest BCUT2D eigenvalue weighted by Gasteiger charge is -2.34. The van der Waals surface area contributed by atoms with Crippen LogP contribution in [0.5, 0.6) is 0 Å². The molecular weight excluding hydrogens is 286 g/mol. The van der Waals surface area contributed by atoms with E-state index in [0.29, 0.717) is 19.1 Å². The van der Waals surface area contributed by atoms with Gasteiger partial charge in [-0.05, 0) is 33.6 Å². The molecule has 0 aromatic rings. The van der Waals surface area contributed by atoms with Crippen LogP contribution in [0.3, 0.4) is 0 Å². The molecule has 2 rings (SSSR count). The zero-order valence-electron chi connectivity index (χ0n) is 13.6. The second kappa shape index (κ2) is 6.64. The SMILES string of the molecule is CC(C)(C)OC(=O)C(=O)NCC(=O)N1CCN(C2CC2)CC1. The van der Waals surface area contributed by atoms with E-state index in [-0.39, 0.29) is 12.5 Å². The van der Waals surface area contributed by atoms with Gasteiger partial charge in [0.15, 0.2) is 0 Å². The number of esters is 1. The number of nitrogens with zero attached hydrogens (tertiary/aromatic N) is 2. The average Bonchev–Trinajstić information content (AvgIpc) is 3.27. The van der Waals surface area contributed by atoms with Crippen molar-refractivity contribution in [2.24, 2.45) is 0 Å². The zero-order chi connectivity index (χ0) is 16.3. The summed E-state index contributed by atoms with van der Waals surface area (Å²) in [5.74, 6) is -1.99. The van der Waals surface area contributed by atoms with Gasteiger partial charge < -0.3 is 15.0 Å². The van der Waals surface area contributed by atoms with Crippen LogP contribution in [0.4, 0.5) is 0 Å². The van der Waals surface area contributed by atoms with Crippen LogP contribution in [0, 0.1) is 0 Å². The number of rotatable bonds is 3. The fraction of sp³-hybridized carbons (Fsp3) is 0.800. The van der Waals surface area contributed by atoms with Crippen LogP contribution in [-0.4, -0.2) is 72.0 Å². The summed E-state index contributed by atoms with van der Waals surface area (Å²) < 4.78 is 4.94. The van der Waals surface area contributed by atoms with E-state index in [9.17, 15) is 14.4 Å². The molecule has 0 aromatic heterocycles. The number of carbonyl (C=O) groups excluding carboxylic acids is 3. The molecular formula is C15H25N3O4. The molecule has 0 aromatic carbocycles. The second-order valence-electron chi connectivity index (χ2n) is 6.83. The van der Waals surface area contributed by atoms with E-state index in [1.165, 1.54) is 12.8 Å². The molecule has 0 radical (unpaired) electrons. The third-order valence-electron chi connectivity index (χ3n) is 3.71. The first-order valence-corrected chi connectivity index (χ1v) is 7.79.